The molecule has 2 rings (SSSR count). The molecule has 0 aromatic rings. The molecule has 6 nitrogen and oxygen atoms in total. The molecule has 0 radical (unpaired) electrons. The summed E-state index contributed by atoms with van der Waals surface area (Å²) in [7, 11) is 0. The molecular formula is C15H31Cl2N3O3. The first-order valence-corrected chi connectivity index (χ1v) is 8.19. The van der Waals surface area contributed by atoms with Crippen LogP contribution in [-0.4, -0.2) is 86.9 Å². The van der Waals surface area contributed by atoms with E-state index in [0.29, 0.717) is 19.7 Å². The van der Waals surface area contributed by atoms with Crippen LogP contribution in [0.5, 0.6) is 0 Å². The van der Waals surface area contributed by atoms with E-state index >= 15 is 0 Å². The number of likely N-dealkylation sites (tertiary alicyclic amines) is 1. The number of ether oxygens (including phenoxy) is 2. The lowest BCUT2D eigenvalue weighted by atomic mass is 10.2. The molecule has 0 bridgehead atoms. The second kappa shape index (κ2) is 12.3. The fraction of sp³-hybridized carbons (Fsp3) is 0.933. The molecule has 2 heterocycles. The highest BCUT2D eigenvalue weighted by Crippen LogP contribution is 2.15. The van der Waals surface area contributed by atoms with Crippen molar-refractivity contribution in [2.75, 3.05) is 59.0 Å². The third-order valence-electron chi connectivity index (χ3n) is 4.32. The number of rotatable bonds is 7. The van der Waals surface area contributed by atoms with Gasteiger partial charge in [-0.15, -0.1) is 24.8 Å². The number of carbonyl (C=O) groups is 1. The maximum absolute atomic E-state index is 12.3. The molecule has 2 aliphatic heterocycles. The maximum Gasteiger partial charge on any atom is 0.253 e. The number of hydrogen-bond acceptors (Lipinski definition) is 5. The molecule has 8 heteroatoms. The van der Waals surface area contributed by atoms with Crippen molar-refractivity contribution in [3.05, 3.63) is 0 Å². The quantitative estimate of drug-likeness (QED) is 0.716. The highest BCUT2D eigenvalue weighted by molar-refractivity contribution is 5.85. The predicted octanol–water partition coefficient (Wildman–Crippen LogP) is 0.778. The first-order valence-electron chi connectivity index (χ1n) is 8.19. The number of morpholine rings is 1. The summed E-state index contributed by atoms with van der Waals surface area (Å²) in [4.78, 5) is 16.6. The van der Waals surface area contributed by atoms with E-state index < -0.39 is 0 Å². The molecule has 2 atom stereocenters. The maximum atomic E-state index is 12.3. The lowest BCUT2D eigenvalue weighted by Gasteiger charge is -2.27. The number of hydrogen-bond donors (Lipinski definition) is 1. The number of likely N-dealkylation sites (N-methyl/N-ethyl adjacent to an activating group) is 1. The van der Waals surface area contributed by atoms with Gasteiger partial charge in [-0.1, -0.05) is 13.8 Å². The number of carbonyl (C=O) groups excluding carboxylic acids is 1. The topological polar surface area (TPSA) is 54.0 Å². The van der Waals surface area contributed by atoms with Crippen LogP contribution in [0.1, 0.15) is 20.3 Å². The summed E-state index contributed by atoms with van der Waals surface area (Å²) in [5.41, 5.74) is 0. The van der Waals surface area contributed by atoms with Crippen LogP contribution in [-0.2, 0) is 14.3 Å². The average Bonchev–Trinajstić information content (AvgIpc) is 3.00. The van der Waals surface area contributed by atoms with Gasteiger partial charge in [0.05, 0.1) is 19.3 Å². The van der Waals surface area contributed by atoms with Crippen LogP contribution in [0.25, 0.3) is 0 Å². The zero-order valence-electron chi connectivity index (χ0n) is 14.2. The van der Waals surface area contributed by atoms with E-state index in [0.717, 1.165) is 45.8 Å². The van der Waals surface area contributed by atoms with Crippen molar-refractivity contribution in [2.24, 2.45) is 0 Å². The first-order chi connectivity index (χ1) is 10.2. The van der Waals surface area contributed by atoms with Crippen molar-refractivity contribution in [3.63, 3.8) is 0 Å². The first kappa shape index (κ1) is 22.9. The number of nitrogens with one attached hydrogen (secondary N) is 1. The normalized spacial score (nSPS) is 24.2. The summed E-state index contributed by atoms with van der Waals surface area (Å²) < 4.78 is 11.4. The molecule has 0 aliphatic carbocycles. The van der Waals surface area contributed by atoms with Gasteiger partial charge in [0.15, 0.2) is 0 Å². The Labute approximate surface area is 152 Å². The third-order valence-corrected chi connectivity index (χ3v) is 4.32. The van der Waals surface area contributed by atoms with E-state index in [9.17, 15) is 4.79 Å². The summed E-state index contributed by atoms with van der Waals surface area (Å²) >= 11 is 0. The van der Waals surface area contributed by atoms with Crippen molar-refractivity contribution in [1.29, 1.82) is 0 Å². The minimum absolute atomic E-state index is 0. The van der Waals surface area contributed by atoms with E-state index in [2.05, 4.69) is 24.1 Å². The smallest absolute Gasteiger partial charge is 0.253 e. The molecule has 1 amide bonds. The molecular weight excluding hydrogens is 341 g/mol. The van der Waals surface area contributed by atoms with Crippen LogP contribution in [0.4, 0.5) is 0 Å². The van der Waals surface area contributed by atoms with Crippen LogP contribution >= 0.6 is 24.8 Å². The van der Waals surface area contributed by atoms with Crippen LogP contribution in [0.15, 0.2) is 0 Å². The standard InChI is InChI=1S/C15H29N3O3.2ClH/c1-3-17(4-2)8-10-20-13-5-7-18(12-13)15(19)14-11-16-6-9-21-14;;/h13-14,16H,3-12H2,1-2H3;2*1H. The monoisotopic (exact) mass is 371 g/mol. The van der Waals surface area contributed by atoms with Crippen LogP contribution < -0.4 is 5.32 Å². The number of halogens is 2. The van der Waals surface area contributed by atoms with Crippen molar-refractivity contribution < 1.29 is 14.3 Å². The van der Waals surface area contributed by atoms with Crippen molar-refractivity contribution in [3.8, 4) is 0 Å². The largest absolute Gasteiger partial charge is 0.375 e. The Hall–Kier alpha value is -0.110. The van der Waals surface area contributed by atoms with Gasteiger partial charge in [-0.25, -0.2) is 0 Å². The van der Waals surface area contributed by atoms with E-state index in [-0.39, 0.29) is 42.9 Å². The van der Waals surface area contributed by atoms with Gasteiger partial charge in [0.2, 0.25) is 0 Å². The van der Waals surface area contributed by atoms with Crippen molar-refractivity contribution in [2.45, 2.75) is 32.5 Å². The Bertz CT molecular complexity index is 327. The van der Waals surface area contributed by atoms with Gasteiger partial charge in [-0.2, -0.15) is 0 Å². The van der Waals surface area contributed by atoms with Crippen molar-refractivity contribution >= 4 is 30.7 Å². The highest BCUT2D eigenvalue weighted by atomic mass is 35.5. The van der Waals surface area contributed by atoms with E-state index in [1.807, 2.05) is 4.90 Å². The van der Waals surface area contributed by atoms with E-state index in [1.165, 1.54) is 0 Å². The SMILES string of the molecule is CCN(CC)CCOC1CCN(C(=O)C2CNCCO2)C1.Cl.Cl. The van der Waals surface area contributed by atoms with Crippen LogP contribution in [0, 0.1) is 0 Å². The molecule has 0 spiro atoms. The van der Waals surface area contributed by atoms with Crippen LogP contribution in [0.3, 0.4) is 0 Å². The lowest BCUT2D eigenvalue weighted by Crippen LogP contribution is -2.49. The molecule has 23 heavy (non-hydrogen) atoms. The molecule has 2 aliphatic rings. The highest BCUT2D eigenvalue weighted by Gasteiger charge is 2.32. The van der Waals surface area contributed by atoms with Gasteiger partial charge in [0, 0.05) is 32.7 Å². The Kier molecular flexibility index (Phi) is 12.2. The van der Waals surface area contributed by atoms with E-state index in [4.69, 9.17) is 9.47 Å². The Balaban J connectivity index is 0.00000242. The van der Waals surface area contributed by atoms with Crippen LogP contribution in [0.2, 0.25) is 0 Å². The molecule has 138 valence electrons. The molecule has 2 unspecified atom stereocenters. The summed E-state index contributed by atoms with van der Waals surface area (Å²) in [5, 5.41) is 3.20. The van der Waals surface area contributed by atoms with Gasteiger partial charge < -0.3 is 24.6 Å². The van der Waals surface area contributed by atoms with Gasteiger partial charge >= 0.3 is 0 Å². The predicted molar refractivity (Wildman–Crippen MR) is 95.8 cm³/mol. The molecule has 0 saturated carbocycles. The van der Waals surface area contributed by atoms with Gasteiger partial charge in [0.1, 0.15) is 6.10 Å². The Morgan fingerprint density at radius 1 is 1.35 bits per heavy atom. The van der Waals surface area contributed by atoms with Gasteiger partial charge in [-0.3, -0.25) is 4.79 Å². The fourth-order valence-electron chi connectivity index (χ4n) is 2.88. The zero-order valence-corrected chi connectivity index (χ0v) is 15.8. The third kappa shape index (κ3) is 7.11. The zero-order chi connectivity index (χ0) is 15.1. The van der Waals surface area contributed by atoms with Gasteiger partial charge in [-0.05, 0) is 19.5 Å². The second-order valence-corrected chi connectivity index (χ2v) is 5.66. The lowest BCUT2D eigenvalue weighted by molar-refractivity contribution is -0.144. The Morgan fingerprint density at radius 2 is 2.09 bits per heavy atom. The fourth-order valence-corrected chi connectivity index (χ4v) is 2.88. The average molecular weight is 372 g/mol. The second-order valence-electron chi connectivity index (χ2n) is 5.66. The molecule has 2 fully saturated rings. The minimum atomic E-state index is -0.312. The summed E-state index contributed by atoms with van der Waals surface area (Å²) in [5.74, 6) is 0.108. The number of nitrogens with zero attached hydrogens (tertiary/aromatic N) is 2. The van der Waals surface area contributed by atoms with Crippen molar-refractivity contribution in [1.82, 2.24) is 15.1 Å². The molecule has 0 aromatic heterocycles. The Morgan fingerprint density at radius 3 is 2.70 bits per heavy atom. The molecule has 1 N–H and O–H groups in total. The summed E-state index contributed by atoms with van der Waals surface area (Å²) in [6, 6.07) is 0. The molecule has 0 aromatic carbocycles. The summed E-state index contributed by atoms with van der Waals surface area (Å²) in [6.45, 7) is 11.7. The number of amides is 1. The van der Waals surface area contributed by atoms with Gasteiger partial charge in [0.25, 0.3) is 5.91 Å². The summed E-state index contributed by atoms with van der Waals surface area (Å²) in [6.07, 6.45) is 0.804. The molecule has 2 saturated heterocycles. The van der Waals surface area contributed by atoms with E-state index in [1.54, 1.807) is 0 Å². The minimum Gasteiger partial charge on any atom is -0.375 e.